The molecule has 2 saturated heterocycles. The summed E-state index contributed by atoms with van der Waals surface area (Å²) in [6, 6.07) is 9.65. The van der Waals surface area contributed by atoms with Crippen molar-refractivity contribution < 1.29 is 27.2 Å². The third-order valence-electron chi connectivity index (χ3n) is 5.78. The summed E-state index contributed by atoms with van der Waals surface area (Å²) in [5.41, 5.74) is -0.462. The van der Waals surface area contributed by atoms with Crippen molar-refractivity contribution >= 4 is 11.8 Å². The van der Waals surface area contributed by atoms with E-state index in [-0.39, 0.29) is 23.6 Å². The number of alkyl halides is 3. The van der Waals surface area contributed by atoms with Crippen molar-refractivity contribution in [3.05, 3.63) is 71.0 Å². The number of carbonyl (C=O) groups excluding carboxylic acids is 2. The summed E-state index contributed by atoms with van der Waals surface area (Å²) in [4.78, 5) is 28.9. The number of piperazine rings is 1. The first kappa shape index (κ1) is 21.3. The van der Waals surface area contributed by atoms with E-state index in [2.05, 4.69) is 10.2 Å². The van der Waals surface area contributed by atoms with Crippen LogP contribution in [0, 0.1) is 5.82 Å². The summed E-state index contributed by atoms with van der Waals surface area (Å²) in [5.74, 6) is -1.13. The Bertz CT molecular complexity index is 977. The molecular formula is C22H21F4N3O2. The Kier molecular flexibility index (Phi) is 5.70. The zero-order valence-corrected chi connectivity index (χ0v) is 16.5. The van der Waals surface area contributed by atoms with Gasteiger partial charge < -0.3 is 10.2 Å². The molecular weight excluding hydrogens is 414 g/mol. The first-order chi connectivity index (χ1) is 14.7. The standard InChI is InChI=1S/C22H21F4N3O2/c23-17-6-4-14(5-7-17)20(30)27-18-11-19-13-29(9-8-28(19)12-18)21(31)15-2-1-3-16(10-15)22(24,25)26/h1-7,10,18-19H,8-9,11-13H2,(H,27,30)/t18-,19-/m0/s1. The fourth-order valence-electron chi connectivity index (χ4n) is 4.21. The number of carbonyl (C=O) groups is 2. The van der Waals surface area contributed by atoms with Gasteiger partial charge in [0.1, 0.15) is 5.82 Å². The molecule has 0 aliphatic carbocycles. The predicted octanol–water partition coefficient (Wildman–Crippen LogP) is 3.17. The van der Waals surface area contributed by atoms with Gasteiger partial charge in [-0.15, -0.1) is 0 Å². The molecule has 0 spiro atoms. The van der Waals surface area contributed by atoms with Crippen LogP contribution < -0.4 is 5.32 Å². The molecule has 2 atom stereocenters. The molecule has 164 valence electrons. The highest BCUT2D eigenvalue weighted by molar-refractivity contribution is 5.95. The third-order valence-corrected chi connectivity index (χ3v) is 5.78. The molecule has 9 heteroatoms. The molecule has 0 aromatic heterocycles. The first-order valence-electron chi connectivity index (χ1n) is 9.98. The number of halogens is 4. The Morgan fingerprint density at radius 1 is 0.968 bits per heavy atom. The van der Waals surface area contributed by atoms with Crippen LogP contribution in [0.5, 0.6) is 0 Å². The van der Waals surface area contributed by atoms with Gasteiger partial charge >= 0.3 is 6.18 Å². The second-order valence-corrected chi connectivity index (χ2v) is 7.89. The van der Waals surface area contributed by atoms with Crippen LogP contribution in [0.15, 0.2) is 48.5 Å². The van der Waals surface area contributed by atoms with Crippen molar-refractivity contribution in [3.8, 4) is 0 Å². The SMILES string of the molecule is O=C(N[C@H]1C[C@H]2CN(C(=O)c3cccc(C(F)(F)F)c3)CCN2C1)c1ccc(F)cc1. The number of amides is 2. The van der Waals surface area contributed by atoms with Crippen molar-refractivity contribution in [1.82, 2.24) is 15.1 Å². The van der Waals surface area contributed by atoms with E-state index in [1.165, 1.54) is 36.4 Å². The molecule has 0 radical (unpaired) electrons. The van der Waals surface area contributed by atoms with Gasteiger partial charge in [-0.3, -0.25) is 14.5 Å². The van der Waals surface area contributed by atoms with Gasteiger partial charge in [-0.05, 0) is 48.9 Å². The molecule has 0 saturated carbocycles. The highest BCUT2D eigenvalue weighted by Crippen LogP contribution is 2.30. The lowest BCUT2D eigenvalue weighted by Crippen LogP contribution is -2.52. The highest BCUT2D eigenvalue weighted by Gasteiger charge is 2.38. The van der Waals surface area contributed by atoms with Gasteiger partial charge in [-0.1, -0.05) is 6.07 Å². The maximum Gasteiger partial charge on any atom is 0.416 e. The number of rotatable bonds is 3. The summed E-state index contributed by atoms with van der Waals surface area (Å²) in [7, 11) is 0. The van der Waals surface area contributed by atoms with Crippen LogP contribution in [-0.4, -0.2) is 59.9 Å². The second kappa shape index (κ2) is 8.30. The van der Waals surface area contributed by atoms with Crippen LogP contribution >= 0.6 is 0 Å². The van der Waals surface area contributed by atoms with E-state index in [9.17, 15) is 27.2 Å². The summed E-state index contributed by atoms with van der Waals surface area (Å²) >= 11 is 0. The summed E-state index contributed by atoms with van der Waals surface area (Å²) < 4.78 is 51.9. The van der Waals surface area contributed by atoms with E-state index >= 15 is 0 Å². The maximum atomic E-state index is 13.0. The second-order valence-electron chi connectivity index (χ2n) is 7.89. The van der Waals surface area contributed by atoms with Gasteiger partial charge in [0.15, 0.2) is 0 Å². The van der Waals surface area contributed by atoms with Crippen LogP contribution in [0.1, 0.15) is 32.7 Å². The van der Waals surface area contributed by atoms with Crippen molar-refractivity contribution in [2.45, 2.75) is 24.7 Å². The molecule has 2 aromatic carbocycles. The fourth-order valence-corrected chi connectivity index (χ4v) is 4.21. The van der Waals surface area contributed by atoms with E-state index in [4.69, 9.17) is 0 Å². The minimum absolute atomic E-state index is 0.0158. The molecule has 1 N–H and O–H groups in total. The van der Waals surface area contributed by atoms with Gasteiger partial charge in [0.05, 0.1) is 5.56 Å². The lowest BCUT2D eigenvalue weighted by Gasteiger charge is -2.37. The minimum atomic E-state index is -4.50. The Labute approximate surface area is 176 Å². The van der Waals surface area contributed by atoms with Gasteiger partial charge in [0.25, 0.3) is 11.8 Å². The number of nitrogens with zero attached hydrogens (tertiary/aromatic N) is 2. The topological polar surface area (TPSA) is 52.7 Å². The molecule has 2 aliphatic rings. The van der Waals surface area contributed by atoms with E-state index in [0.29, 0.717) is 38.2 Å². The summed E-state index contributed by atoms with van der Waals surface area (Å²) in [5, 5.41) is 2.94. The lowest BCUT2D eigenvalue weighted by molar-refractivity contribution is -0.137. The number of hydrogen-bond donors (Lipinski definition) is 1. The number of nitrogens with one attached hydrogen (secondary N) is 1. The molecule has 31 heavy (non-hydrogen) atoms. The van der Waals surface area contributed by atoms with Crippen LogP contribution in [-0.2, 0) is 6.18 Å². The molecule has 2 amide bonds. The number of fused-ring (bicyclic) bond motifs is 1. The molecule has 4 rings (SSSR count). The van der Waals surface area contributed by atoms with Gasteiger partial charge in [0.2, 0.25) is 0 Å². The maximum absolute atomic E-state index is 13.0. The fraction of sp³-hybridized carbons (Fsp3) is 0.364. The van der Waals surface area contributed by atoms with E-state index in [1.807, 2.05) is 0 Å². The van der Waals surface area contributed by atoms with Gasteiger partial charge in [-0.2, -0.15) is 13.2 Å². The monoisotopic (exact) mass is 435 g/mol. The van der Waals surface area contributed by atoms with Crippen LogP contribution in [0.3, 0.4) is 0 Å². The first-order valence-corrected chi connectivity index (χ1v) is 9.98. The van der Waals surface area contributed by atoms with E-state index in [1.54, 1.807) is 4.90 Å². The highest BCUT2D eigenvalue weighted by atomic mass is 19.4. The lowest BCUT2D eigenvalue weighted by atomic mass is 10.1. The van der Waals surface area contributed by atoms with Crippen LogP contribution in [0.2, 0.25) is 0 Å². The number of hydrogen-bond acceptors (Lipinski definition) is 3. The van der Waals surface area contributed by atoms with Gasteiger partial charge in [-0.25, -0.2) is 4.39 Å². The molecule has 0 unspecified atom stereocenters. The van der Waals surface area contributed by atoms with E-state index in [0.717, 1.165) is 12.1 Å². The molecule has 2 aromatic rings. The number of benzene rings is 2. The van der Waals surface area contributed by atoms with Crippen molar-refractivity contribution in [3.63, 3.8) is 0 Å². The molecule has 2 aliphatic heterocycles. The van der Waals surface area contributed by atoms with Crippen LogP contribution in [0.4, 0.5) is 17.6 Å². The van der Waals surface area contributed by atoms with Crippen molar-refractivity contribution in [1.29, 1.82) is 0 Å². The Balaban J connectivity index is 1.37. The Morgan fingerprint density at radius 2 is 1.71 bits per heavy atom. The zero-order valence-electron chi connectivity index (χ0n) is 16.5. The van der Waals surface area contributed by atoms with E-state index < -0.39 is 23.5 Å². The molecule has 2 heterocycles. The average molecular weight is 435 g/mol. The van der Waals surface area contributed by atoms with Gasteiger partial charge in [0, 0.05) is 49.4 Å². The summed E-state index contributed by atoms with van der Waals surface area (Å²) in [6.07, 6.45) is -3.88. The smallest absolute Gasteiger partial charge is 0.348 e. The zero-order chi connectivity index (χ0) is 22.2. The Morgan fingerprint density at radius 3 is 2.42 bits per heavy atom. The third kappa shape index (κ3) is 4.71. The molecule has 0 bridgehead atoms. The largest absolute Gasteiger partial charge is 0.416 e. The van der Waals surface area contributed by atoms with Crippen LogP contribution in [0.25, 0.3) is 0 Å². The van der Waals surface area contributed by atoms with Crippen molar-refractivity contribution in [2.24, 2.45) is 0 Å². The minimum Gasteiger partial charge on any atom is -0.348 e. The molecule has 2 fully saturated rings. The Hall–Kier alpha value is -2.94. The van der Waals surface area contributed by atoms with Crippen molar-refractivity contribution in [2.75, 3.05) is 26.2 Å². The average Bonchev–Trinajstić information content (AvgIpc) is 3.14. The summed E-state index contributed by atoms with van der Waals surface area (Å²) in [6.45, 7) is 2.00. The molecule has 5 nitrogen and oxygen atoms in total. The quantitative estimate of drug-likeness (QED) is 0.754. The normalized spacial score (nSPS) is 21.6. The predicted molar refractivity (Wildman–Crippen MR) is 105 cm³/mol.